The fraction of sp³-hybridized carbons (Fsp3) is 0.769. The van der Waals surface area contributed by atoms with E-state index in [4.69, 9.17) is 9.47 Å². The summed E-state index contributed by atoms with van der Waals surface area (Å²) in [6.45, 7) is 6.55. The molecule has 0 aliphatic rings. The smallest absolute Gasteiger partial charge is 0.316 e. The lowest BCUT2D eigenvalue weighted by Crippen LogP contribution is -2.14. The second-order valence-corrected chi connectivity index (χ2v) is 9.97. The van der Waals surface area contributed by atoms with Gasteiger partial charge in [-0.25, -0.2) is 14.6 Å². The van der Waals surface area contributed by atoms with E-state index in [-0.39, 0.29) is 17.8 Å². The second-order valence-electron chi connectivity index (χ2n) is 9.00. The van der Waals surface area contributed by atoms with Crippen LogP contribution in [0.1, 0.15) is 104 Å². The summed E-state index contributed by atoms with van der Waals surface area (Å²) < 4.78 is 12.9. The Kier molecular flexibility index (Phi) is 14.0. The van der Waals surface area contributed by atoms with Crippen LogP contribution in [0, 0.1) is 0 Å². The molecule has 0 N–H and O–H groups in total. The average Bonchev–Trinajstić information content (AvgIpc) is 3.14. The first-order chi connectivity index (χ1) is 16.6. The minimum atomic E-state index is -0.261. The molecule has 0 aromatic carbocycles. The topological polar surface area (TPSA) is 79.1 Å². The zero-order chi connectivity index (χ0) is 24.6. The number of hydrogen-bond acceptors (Lipinski definition) is 7. The number of esters is 1. The molecule has 0 aliphatic heterocycles. The molecule has 2 heterocycles. The van der Waals surface area contributed by atoms with Crippen LogP contribution in [0.3, 0.4) is 0 Å². The van der Waals surface area contributed by atoms with Gasteiger partial charge in [0.15, 0.2) is 5.52 Å². The summed E-state index contributed by atoms with van der Waals surface area (Å²) in [5.74, 6) is 0.590. The van der Waals surface area contributed by atoms with Crippen LogP contribution in [-0.4, -0.2) is 44.2 Å². The molecule has 0 radical (unpaired) electrons. The Labute approximate surface area is 209 Å². The molecule has 34 heavy (non-hydrogen) atoms. The number of aromatic nitrogens is 4. The van der Waals surface area contributed by atoms with Crippen LogP contribution in [0.15, 0.2) is 11.4 Å². The molecule has 0 aliphatic carbocycles. The summed E-state index contributed by atoms with van der Waals surface area (Å²) >= 11 is 1.31. The van der Waals surface area contributed by atoms with Gasteiger partial charge in [-0.05, 0) is 26.7 Å². The van der Waals surface area contributed by atoms with Gasteiger partial charge in [-0.1, -0.05) is 89.3 Å². The molecule has 0 saturated carbocycles. The third-order valence-corrected chi connectivity index (χ3v) is 6.90. The molecule has 7 nitrogen and oxygen atoms in total. The van der Waals surface area contributed by atoms with Gasteiger partial charge in [0.2, 0.25) is 5.88 Å². The molecular weight excluding hydrogens is 448 g/mol. The van der Waals surface area contributed by atoms with Crippen LogP contribution < -0.4 is 4.74 Å². The van der Waals surface area contributed by atoms with Crippen molar-refractivity contribution >= 4 is 28.8 Å². The van der Waals surface area contributed by atoms with E-state index in [1.165, 1.54) is 95.1 Å². The van der Waals surface area contributed by atoms with Gasteiger partial charge in [0.1, 0.15) is 16.9 Å². The monoisotopic (exact) mass is 492 g/mol. The van der Waals surface area contributed by atoms with Gasteiger partial charge in [0.25, 0.3) is 0 Å². The second kappa shape index (κ2) is 16.7. The van der Waals surface area contributed by atoms with Crippen molar-refractivity contribution in [3.8, 4) is 5.88 Å². The van der Waals surface area contributed by atoms with Crippen molar-refractivity contribution < 1.29 is 14.3 Å². The highest BCUT2D eigenvalue weighted by atomic mass is 32.2. The number of aryl methyl sites for hydroxylation is 1. The number of rotatable bonds is 19. The summed E-state index contributed by atoms with van der Waals surface area (Å²) in [5, 5.41) is 5.21. The van der Waals surface area contributed by atoms with Gasteiger partial charge in [0.05, 0.1) is 18.5 Å². The molecule has 0 amide bonds. The van der Waals surface area contributed by atoms with Gasteiger partial charge < -0.3 is 9.47 Å². The minimum absolute atomic E-state index is 0.0901. The van der Waals surface area contributed by atoms with E-state index in [0.717, 1.165) is 6.42 Å². The van der Waals surface area contributed by atoms with E-state index >= 15 is 0 Å². The SMILES string of the molecule is CCCCCCCCCCCCCCC(C)Oc1c2ncnc(SCC(=O)OCC)c2nn1C. The van der Waals surface area contributed by atoms with Gasteiger partial charge in [-0.2, -0.15) is 5.10 Å². The standard InChI is InChI=1S/C26H44N4O3S/c1-5-7-8-9-10-11-12-13-14-15-16-17-18-21(3)33-26-24-23(29-30(26)4)25(28-20-27-24)34-19-22(31)32-6-2/h20-21H,5-19H2,1-4H3. The Balaban J connectivity index is 1.68. The molecule has 0 bridgehead atoms. The zero-order valence-electron chi connectivity index (χ0n) is 21.7. The molecule has 0 saturated heterocycles. The van der Waals surface area contributed by atoms with Crippen LogP contribution in [0.2, 0.25) is 0 Å². The summed E-state index contributed by atoms with van der Waals surface area (Å²) in [4.78, 5) is 20.4. The Hall–Kier alpha value is -1.83. The van der Waals surface area contributed by atoms with Crippen LogP contribution >= 0.6 is 11.8 Å². The van der Waals surface area contributed by atoms with Gasteiger partial charge >= 0.3 is 5.97 Å². The van der Waals surface area contributed by atoms with E-state index in [0.29, 0.717) is 28.5 Å². The number of fused-ring (bicyclic) bond motifs is 1. The number of hydrogen-bond donors (Lipinski definition) is 0. The first-order valence-corrected chi connectivity index (χ1v) is 14.2. The molecule has 192 valence electrons. The number of carbonyl (C=O) groups is 1. The molecular formula is C26H44N4O3S. The maximum absolute atomic E-state index is 11.7. The number of carbonyl (C=O) groups excluding carboxylic acids is 1. The number of unbranched alkanes of at least 4 members (excludes halogenated alkanes) is 11. The fourth-order valence-corrected chi connectivity index (χ4v) is 4.78. The van der Waals surface area contributed by atoms with Crippen LogP contribution in [0.5, 0.6) is 5.88 Å². The first kappa shape index (κ1) is 28.4. The lowest BCUT2D eigenvalue weighted by molar-refractivity contribution is -0.139. The van der Waals surface area contributed by atoms with Crippen LogP contribution in [-0.2, 0) is 16.6 Å². The Morgan fingerprint density at radius 1 is 0.941 bits per heavy atom. The molecule has 1 atom stereocenters. The maximum atomic E-state index is 11.7. The van der Waals surface area contributed by atoms with Crippen LogP contribution in [0.25, 0.3) is 11.0 Å². The molecule has 8 heteroatoms. The zero-order valence-corrected chi connectivity index (χ0v) is 22.5. The predicted octanol–water partition coefficient (Wildman–Crippen LogP) is 6.88. The van der Waals surface area contributed by atoms with Crippen molar-refractivity contribution in [3.63, 3.8) is 0 Å². The highest BCUT2D eigenvalue weighted by molar-refractivity contribution is 8.00. The molecule has 2 aromatic heterocycles. The Morgan fingerprint density at radius 3 is 2.18 bits per heavy atom. The van der Waals surface area contributed by atoms with E-state index in [1.807, 2.05) is 7.05 Å². The van der Waals surface area contributed by atoms with E-state index < -0.39 is 0 Å². The lowest BCUT2D eigenvalue weighted by Gasteiger charge is -2.14. The third kappa shape index (κ3) is 10.2. The van der Waals surface area contributed by atoms with E-state index in [2.05, 4.69) is 28.9 Å². The number of thioether (sulfide) groups is 1. The van der Waals surface area contributed by atoms with E-state index in [1.54, 1.807) is 11.6 Å². The van der Waals surface area contributed by atoms with Crippen LogP contribution in [0.4, 0.5) is 0 Å². The fourth-order valence-electron chi connectivity index (χ4n) is 4.05. The van der Waals surface area contributed by atoms with Gasteiger partial charge in [-0.15, -0.1) is 0 Å². The largest absolute Gasteiger partial charge is 0.473 e. The van der Waals surface area contributed by atoms with Crippen molar-refractivity contribution in [3.05, 3.63) is 6.33 Å². The molecule has 1 unspecified atom stereocenters. The predicted molar refractivity (Wildman–Crippen MR) is 139 cm³/mol. The van der Waals surface area contributed by atoms with Crippen molar-refractivity contribution in [2.24, 2.45) is 7.05 Å². The third-order valence-electron chi connectivity index (χ3n) is 5.94. The highest BCUT2D eigenvalue weighted by Crippen LogP contribution is 2.30. The van der Waals surface area contributed by atoms with Crippen molar-refractivity contribution in [1.82, 2.24) is 19.7 Å². The molecule has 2 aromatic rings. The molecule has 0 spiro atoms. The average molecular weight is 493 g/mol. The summed E-state index contributed by atoms with van der Waals surface area (Å²) in [7, 11) is 1.85. The summed E-state index contributed by atoms with van der Waals surface area (Å²) in [5.41, 5.74) is 1.34. The van der Waals surface area contributed by atoms with Crippen molar-refractivity contribution in [1.29, 1.82) is 0 Å². The molecule has 2 rings (SSSR count). The molecule has 0 fully saturated rings. The summed E-state index contributed by atoms with van der Waals surface area (Å²) in [6, 6.07) is 0. The minimum Gasteiger partial charge on any atom is -0.473 e. The van der Waals surface area contributed by atoms with Crippen molar-refractivity contribution in [2.75, 3.05) is 12.4 Å². The normalized spacial score (nSPS) is 12.2. The lowest BCUT2D eigenvalue weighted by atomic mass is 10.0. The van der Waals surface area contributed by atoms with E-state index in [9.17, 15) is 4.79 Å². The number of nitrogens with zero attached hydrogens (tertiary/aromatic N) is 4. The quantitative estimate of drug-likeness (QED) is 0.0915. The highest BCUT2D eigenvalue weighted by Gasteiger charge is 2.19. The first-order valence-electron chi connectivity index (χ1n) is 13.2. The van der Waals surface area contributed by atoms with Gasteiger partial charge in [0, 0.05) is 7.05 Å². The van der Waals surface area contributed by atoms with Gasteiger partial charge in [-0.3, -0.25) is 4.79 Å². The van der Waals surface area contributed by atoms with Crippen molar-refractivity contribution in [2.45, 2.75) is 115 Å². The number of ether oxygens (including phenoxy) is 2. The Morgan fingerprint density at radius 2 is 1.56 bits per heavy atom. The maximum Gasteiger partial charge on any atom is 0.316 e. The summed E-state index contributed by atoms with van der Waals surface area (Å²) in [6.07, 6.45) is 18.8. The Bertz CT molecular complexity index is 843.